The predicted octanol–water partition coefficient (Wildman–Crippen LogP) is 1.98. The quantitative estimate of drug-likeness (QED) is 0.374. The summed E-state index contributed by atoms with van der Waals surface area (Å²) in [7, 11) is 0. The normalized spacial score (nSPS) is 11.2. The van der Waals surface area contributed by atoms with Gasteiger partial charge in [0, 0.05) is 36.4 Å². The van der Waals surface area contributed by atoms with E-state index in [9.17, 15) is 10.1 Å². The highest BCUT2D eigenvalue weighted by Crippen LogP contribution is 2.27. The minimum absolute atomic E-state index is 0.00631. The van der Waals surface area contributed by atoms with Crippen LogP contribution in [0, 0.1) is 10.1 Å². The Labute approximate surface area is 104 Å². The number of nitrogens with two attached hydrogens (primary N) is 2. The van der Waals surface area contributed by atoms with Crippen molar-refractivity contribution in [3.8, 4) is 0 Å². The Bertz CT molecular complexity index is 552. The van der Waals surface area contributed by atoms with Crippen LogP contribution in [0.3, 0.4) is 0 Å². The zero-order chi connectivity index (χ0) is 13.2. The Kier molecular flexibility index (Phi) is 3.07. The smallest absolute Gasteiger partial charge is 0.258 e. The summed E-state index contributed by atoms with van der Waals surface area (Å²) in [6.07, 6.45) is 0. The number of non-ortho nitro benzene ring substituents is 1. The Morgan fingerprint density at radius 2 is 1.39 bits per heavy atom. The van der Waals surface area contributed by atoms with Crippen molar-refractivity contribution in [1.82, 2.24) is 4.70 Å². The third-order valence-corrected chi connectivity index (χ3v) is 2.67. The van der Waals surface area contributed by atoms with E-state index in [0.29, 0.717) is 11.4 Å². The van der Waals surface area contributed by atoms with Gasteiger partial charge < -0.3 is 0 Å². The standard InChI is InChI=1S/C12H13N4O2/c13-16(14,11-4-2-1-3-5-11)12-8-6-10(7-9-12)15(17)18/h1-9H,13-14H2/q+1. The van der Waals surface area contributed by atoms with Gasteiger partial charge in [-0.05, 0) is 0 Å². The third-order valence-electron chi connectivity index (χ3n) is 2.67. The van der Waals surface area contributed by atoms with Gasteiger partial charge in [0.1, 0.15) is 0 Å². The van der Waals surface area contributed by atoms with Crippen molar-refractivity contribution in [3.05, 3.63) is 64.7 Å². The summed E-state index contributed by atoms with van der Waals surface area (Å²) in [6.45, 7) is 0. The number of hydrogen-bond acceptors (Lipinski definition) is 4. The molecule has 92 valence electrons. The molecule has 4 N–H and O–H groups in total. The van der Waals surface area contributed by atoms with Crippen molar-refractivity contribution in [2.24, 2.45) is 11.7 Å². The molecule has 0 fully saturated rings. The van der Waals surface area contributed by atoms with Crippen LogP contribution in [0.2, 0.25) is 0 Å². The second kappa shape index (κ2) is 4.53. The van der Waals surface area contributed by atoms with Crippen LogP contribution < -0.4 is 16.4 Å². The lowest BCUT2D eigenvalue weighted by Crippen LogP contribution is -2.57. The molecule has 0 saturated carbocycles. The molecule has 0 amide bonds. The van der Waals surface area contributed by atoms with Crippen molar-refractivity contribution in [3.63, 3.8) is 0 Å². The van der Waals surface area contributed by atoms with Crippen LogP contribution in [-0.4, -0.2) is 4.92 Å². The highest BCUT2D eigenvalue weighted by molar-refractivity contribution is 5.57. The number of benzene rings is 2. The largest absolute Gasteiger partial charge is 0.269 e. The molecule has 0 aliphatic carbocycles. The van der Waals surface area contributed by atoms with Crippen molar-refractivity contribution >= 4 is 17.1 Å². The SMILES string of the molecule is N[N+](N)(c1ccccc1)c1ccc([N+](=O)[O-])cc1. The van der Waals surface area contributed by atoms with Gasteiger partial charge in [0.15, 0.2) is 11.4 Å². The molecule has 6 nitrogen and oxygen atoms in total. The van der Waals surface area contributed by atoms with Crippen molar-refractivity contribution < 1.29 is 4.92 Å². The van der Waals surface area contributed by atoms with Crippen LogP contribution in [0.1, 0.15) is 0 Å². The van der Waals surface area contributed by atoms with Gasteiger partial charge in [-0.3, -0.25) is 10.1 Å². The second-order valence-corrected chi connectivity index (χ2v) is 3.89. The van der Waals surface area contributed by atoms with E-state index in [2.05, 4.69) is 0 Å². The van der Waals surface area contributed by atoms with Gasteiger partial charge in [0.25, 0.3) is 5.69 Å². The number of nitro benzene ring substituents is 1. The van der Waals surface area contributed by atoms with E-state index in [1.54, 1.807) is 24.3 Å². The van der Waals surface area contributed by atoms with E-state index < -0.39 is 9.62 Å². The summed E-state index contributed by atoms with van der Waals surface area (Å²) in [6, 6.07) is 15.0. The molecule has 0 atom stereocenters. The second-order valence-electron chi connectivity index (χ2n) is 3.89. The number of hydrogen-bond donors (Lipinski definition) is 2. The third kappa shape index (κ3) is 2.21. The van der Waals surface area contributed by atoms with Gasteiger partial charge in [-0.1, -0.05) is 18.2 Å². The first-order chi connectivity index (χ1) is 8.51. The fraction of sp³-hybridized carbons (Fsp3) is 0. The van der Waals surface area contributed by atoms with Gasteiger partial charge >= 0.3 is 0 Å². The molecule has 0 aliphatic heterocycles. The highest BCUT2D eigenvalue weighted by Gasteiger charge is 2.25. The summed E-state index contributed by atoms with van der Waals surface area (Å²) in [4.78, 5) is 10.1. The van der Waals surface area contributed by atoms with Gasteiger partial charge in [-0.2, -0.15) is 11.7 Å². The molecule has 0 saturated heterocycles. The molecule has 0 spiro atoms. The Morgan fingerprint density at radius 3 is 1.89 bits per heavy atom. The predicted molar refractivity (Wildman–Crippen MR) is 69.4 cm³/mol. The summed E-state index contributed by atoms with van der Waals surface area (Å²) < 4.78 is -0.446. The molecule has 6 heteroatoms. The summed E-state index contributed by atoms with van der Waals surface area (Å²) >= 11 is 0. The average molecular weight is 245 g/mol. The first-order valence-corrected chi connectivity index (χ1v) is 5.28. The zero-order valence-electron chi connectivity index (χ0n) is 9.56. The summed E-state index contributed by atoms with van der Waals surface area (Å²) in [5.41, 5.74) is 1.25. The Hall–Kier alpha value is -2.28. The van der Waals surface area contributed by atoms with Crippen molar-refractivity contribution in [2.45, 2.75) is 0 Å². The molecule has 2 rings (SSSR count). The van der Waals surface area contributed by atoms with Gasteiger partial charge in [-0.15, -0.1) is 4.70 Å². The van der Waals surface area contributed by atoms with Gasteiger partial charge in [0.05, 0.1) is 4.92 Å². The monoisotopic (exact) mass is 245 g/mol. The van der Waals surface area contributed by atoms with Crippen molar-refractivity contribution in [2.75, 3.05) is 0 Å². The van der Waals surface area contributed by atoms with E-state index in [4.69, 9.17) is 11.7 Å². The van der Waals surface area contributed by atoms with Crippen LogP contribution in [0.4, 0.5) is 17.1 Å². The van der Waals surface area contributed by atoms with Gasteiger partial charge in [-0.25, -0.2) is 0 Å². The Morgan fingerprint density at radius 1 is 0.889 bits per heavy atom. The maximum absolute atomic E-state index is 10.6. The lowest BCUT2D eigenvalue weighted by Gasteiger charge is -2.25. The zero-order valence-corrected chi connectivity index (χ0v) is 9.56. The minimum atomic E-state index is -0.464. The van der Waals surface area contributed by atoms with E-state index in [1.807, 2.05) is 18.2 Å². The van der Waals surface area contributed by atoms with Gasteiger partial charge in [0.2, 0.25) is 0 Å². The average Bonchev–Trinajstić information content (AvgIpc) is 2.40. The minimum Gasteiger partial charge on any atom is -0.258 e. The highest BCUT2D eigenvalue weighted by atomic mass is 16.6. The van der Waals surface area contributed by atoms with Crippen LogP contribution >= 0.6 is 0 Å². The molecule has 0 heterocycles. The molecule has 0 radical (unpaired) electrons. The number of nitro groups is 1. The number of rotatable bonds is 3. The molecule has 0 bridgehead atoms. The number of nitrogens with zero attached hydrogens (tertiary/aromatic N) is 2. The summed E-state index contributed by atoms with van der Waals surface area (Å²) in [5, 5.41) is 10.6. The van der Waals surface area contributed by atoms with Crippen LogP contribution in [0.25, 0.3) is 0 Å². The first-order valence-electron chi connectivity index (χ1n) is 5.28. The molecule has 0 aromatic heterocycles. The molecular weight excluding hydrogens is 232 g/mol. The molecule has 0 aliphatic rings. The lowest BCUT2D eigenvalue weighted by molar-refractivity contribution is -0.384. The maximum atomic E-state index is 10.6. The number of para-hydroxylation sites is 1. The maximum Gasteiger partial charge on any atom is 0.269 e. The number of quaternary nitrogens is 1. The fourth-order valence-corrected chi connectivity index (χ4v) is 1.64. The van der Waals surface area contributed by atoms with E-state index >= 15 is 0 Å². The topological polar surface area (TPSA) is 95.2 Å². The Balaban J connectivity index is 2.39. The van der Waals surface area contributed by atoms with E-state index in [-0.39, 0.29) is 5.69 Å². The molecular formula is C12H13N4O2+. The van der Waals surface area contributed by atoms with E-state index in [1.165, 1.54) is 12.1 Å². The van der Waals surface area contributed by atoms with Crippen molar-refractivity contribution in [1.29, 1.82) is 0 Å². The fourth-order valence-electron chi connectivity index (χ4n) is 1.64. The molecule has 0 unspecified atom stereocenters. The summed E-state index contributed by atoms with van der Waals surface area (Å²) in [5.74, 6) is 12.1. The molecule has 2 aromatic rings. The molecule has 18 heavy (non-hydrogen) atoms. The molecule has 2 aromatic carbocycles. The van der Waals surface area contributed by atoms with Crippen LogP contribution in [-0.2, 0) is 0 Å². The first kappa shape index (κ1) is 12.2. The van der Waals surface area contributed by atoms with Crippen LogP contribution in [0.15, 0.2) is 54.6 Å². The van der Waals surface area contributed by atoms with Crippen LogP contribution in [0.5, 0.6) is 0 Å². The lowest BCUT2D eigenvalue weighted by atomic mass is 10.2. The van der Waals surface area contributed by atoms with E-state index in [0.717, 1.165) is 0 Å².